The zero-order valence-electron chi connectivity index (χ0n) is 32.2. The third kappa shape index (κ3) is 5.54. The molecule has 14 atom stereocenters. The minimum atomic E-state index is -0.664. The first-order valence-corrected chi connectivity index (χ1v) is 19.3. The summed E-state index contributed by atoms with van der Waals surface area (Å²) in [6.45, 7) is 21.9. The standard InChI is InChI=1S/C41H64O8/c1-23-14-19-41(36(44)45-11)21-20-39(9)28(34(41)24(23)2)12-13-31-38(8)17-16-32(37(6,7)30(38)15-18-40(31,39)10)49-33-22-29(47-26(4)42)35(25(3)46-33)48-27(5)43/h12,23-25,29-35H,13-22H2,1-11H3/t23-,24+,25+,29+,30?,31-,32+,33+,34+,35+,38+,39-,40-,41+/m1/s1. The zero-order chi connectivity index (χ0) is 35.9. The van der Waals surface area contributed by atoms with Crippen molar-refractivity contribution in [3.63, 3.8) is 0 Å². The highest BCUT2D eigenvalue weighted by atomic mass is 16.7. The maximum absolute atomic E-state index is 13.6. The predicted octanol–water partition coefficient (Wildman–Crippen LogP) is 8.20. The van der Waals surface area contributed by atoms with E-state index in [2.05, 4.69) is 54.5 Å². The fourth-order valence-electron chi connectivity index (χ4n) is 13.2. The second kappa shape index (κ2) is 12.6. The van der Waals surface area contributed by atoms with Gasteiger partial charge < -0.3 is 23.7 Å². The van der Waals surface area contributed by atoms with Crippen molar-refractivity contribution in [2.24, 2.45) is 56.7 Å². The Hall–Kier alpha value is -1.93. The van der Waals surface area contributed by atoms with E-state index in [-0.39, 0.29) is 45.1 Å². The predicted molar refractivity (Wildman–Crippen MR) is 186 cm³/mol. The summed E-state index contributed by atoms with van der Waals surface area (Å²) >= 11 is 0. The lowest BCUT2D eigenvalue weighted by Gasteiger charge is -2.71. The van der Waals surface area contributed by atoms with Crippen LogP contribution in [0.15, 0.2) is 11.6 Å². The van der Waals surface area contributed by atoms with E-state index in [4.69, 9.17) is 23.7 Å². The van der Waals surface area contributed by atoms with E-state index in [1.807, 2.05) is 6.92 Å². The van der Waals surface area contributed by atoms with E-state index in [1.165, 1.54) is 20.3 Å². The van der Waals surface area contributed by atoms with Gasteiger partial charge in [0, 0.05) is 20.3 Å². The van der Waals surface area contributed by atoms with Crippen LogP contribution in [0.25, 0.3) is 0 Å². The molecule has 0 bridgehead atoms. The summed E-state index contributed by atoms with van der Waals surface area (Å²) < 4.78 is 29.9. The van der Waals surface area contributed by atoms with Gasteiger partial charge in [-0.15, -0.1) is 0 Å². The summed E-state index contributed by atoms with van der Waals surface area (Å²) in [7, 11) is 1.58. The first-order chi connectivity index (χ1) is 22.9. The molecule has 0 aromatic rings. The van der Waals surface area contributed by atoms with Crippen molar-refractivity contribution in [1.29, 1.82) is 0 Å². The van der Waals surface area contributed by atoms with E-state index in [1.54, 1.807) is 12.7 Å². The third-order valence-corrected chi connectivity index (χ3v) is 16.1. The van der Waals surface area contributed by atoms with E-state index in [9.17, 15) is 14.4 Å². The molecule has 1 heterocycles. The average Bonchev–Trinajstić information content (AvgIpc) is 3.01. The Morgan fingerprint density at radius 3 is 2.18 bits per heavy atom. The van der Waals surface area contributed by atoms with Gasteiger partial charge in [0.2, 0.25) is 0 Å². The molecular formula is C41H64O8. The molecule has 1 aliphatic heterocycles. The summed E-state index contributed by atoms with van der Waals surface area (Å²) in [5, 5.41) is 0. The molecule has 4 saturated carbocycles. The summed E-state index contributed by atoms with van der Waals surface area (Å²) in [5.74, 6) is 1.49. The summed E-state index contributed by atoms with van der Waals surface area (Å²) in [6.07, 6.45) is 10.0. The van der Waals surface area contributed by atoms with Gasteiger partial charge in [-0.25, -0.2) is 0 Å². The number of allylic oxidation sites excluding steroid dienone is 2. The molecule has 5 aliphatic carbocycles. The van der Waals surface area contributed by atoms with Gasteiger partial charge in [-0.05, 0) is 116 Å². The van der Waals surface area contributed by atoms with Crippen molar-refractivity contribution in [3.8, 4) is 0 Å². The zero-order valence-corrected chi connectivity index (χ0v) is 32.2. The molecule has 8 nitrogen and oxygen atoms in total. The van der Waals surface area contributed by atoms with Crippen molar-refractivity contribution in [2.45, 2.75) is 164 Å². The molecule has 1 saturated heterocycles. The Morgan fingerprint density at radius 2 is 1.53 bits per heavy atom. The molecule has 49 heavy (non-hydrogen) atoms. The van der Waals surface area contributed by atoms with E-state index >= 15 is 0 Å². The van der Waals surface area contributed by atoms with Crippen LogP contribution >= 0.6 is 0 Å². The highest BCUT2D eigenvalue weighted by Gasteiger charge is 2.70. The molecule has 276 valence electrons. The molecule has 6 aliphatic rings. The number of carbonyl (C=O) groups is 3. The van der Waals surface area contributed by atoms with Gasteiger partial charge >= 0.3 is 17.9 Å². The van der Waals surface area contributed by atoms with Crippen molar-refractivity contribution >= 4 is 17.9 Å². The number of methoxy groups -OCH3 is 1. The van der Waals surface area contributed by atoms with Gasteiger partial charge in [-0.1, -0.05) is 60.1 Å². The minimum Gasteiger partial charge on any atom is -0.469 e. The Labute approximate surface area is 295 Å². The topological polar surface area (TPSA) is 97.4 Å². The van der Waals surface area contributed by atoms with Crippen molar-refractivity contribution in [2.75, 3.05) is 7.11 Å². The van der Waals surface area contributed by atoms with Crippen LogP contribution in [-0.2, 0) is 38.1 Å². The fraction of sp³-hybridized carbons (Fsp3) is 0.878. The Bertz CT molecular complexity index is 1350. The van der Waals surface area contributed by atoms with Crippen molar-refractivity contribution in [1.82, 2.24) is 0 Å². The maximum Gasteiger partial charge on any atom is 0.312 e. The number of esters is 3. The van der Waals surface area contributed by atoms with Crippen molar-refractivity contribution in [3.05, 3.63) is 11.6 Å². The first-order valence-electron chi connectivity index (χ1n) is 19.3. The van der Waals surface area contributed by atoms with Gasteiger partial charge in [-0.3, -0.25) is 14.4 Å². The van der Waals surface area contributed by atoms with Crippen LogP contribution in [0.2, 0.25) is 0 Å². The number of hydrogen-bond acceptors (Lipinski definition) is 8. The SMILES string of the molecule is COC(=O)[C@]12CC[C@@H](C)[C@H](C)[C@H]1C1=CC[C@@H]3[C@@]4(C)CC[C@H](O[C@H]5C[C@H](OC(C)=O)[C@@H](OC(C)=O)[C@H](C)O5)C(C)(C)C4CC[C@@]3(C)[C@]1(C)CC2. The lowest BCUT2D eigenvalue weighted by atomic mass is 9.33. The van der Waals surface area contributed by atoms with Gasteiger partial charge in [0.1, 0.15) is 6.10 Å². The first kappa shape index (κ1) is 36.8. The van der Waals surface area contributed by atoms with E-state index < -0.39 is 36.5 Å². The van der Waals surface area contributed by atoms with Crippen LogP contribution in [-0.4, -0.2) is 55.7 Å². The van der Waals surface area contributed by atoms with Gasteiger partial charge in [0.15, 0.2) is 12.4 Å². The second-order valence-electron chi connectivity index (χ2n) is 18.5. The summed E-state index contributed by atoms with van der Waals surface area (Å²) in [6, 6.07) is 0. The normalized spacial score (nSPS) is 48.8. The molecule has 0 spiro atoms. The molecule has 0 radical (unpaired) electrons. The number of ether oxygens (including phenoxy) is 5. The fourth-order valence-corrected chi connectivity index (χ4v) is 13.2. The molecule has 0 N–H and O–H groups in total. The third-order valence-electron chi connectivity index (χ3n) is 16.1. The molecule has 0 aromatic heterocycles. The Balaban J connectivity index is 1.26. The Morgan fingerprint density at radius 1 is 0.837 bits per heavy atom. The number of fused-ring (bicyclic) bond motifs is 7. The minimum absolute atomic E-state index is 0.0133. The monoisotopic (exact) mass is 684 g/mol. The van der Waals surface area contributed by atoms with E-state index in [0.29, 0.717) is 30.1 Å². The maximum atomic E-state index is 13.6. The number of rotatable bonds is 5. The summed E-state index contributed by atoms with van der Waals surface area (Å²) in [4.78, 5) is 37.4. The molecular weight excluding hydrogens is 620 g/mol. The van der Waals surface area contributed by atoms with Crippen LogP contribution in [0.5, 0.6) is 0 Å². The van der Waals surface area contributed by atoms with Crippen LogP contribution in [0.1, 0.15) is 133 Å². The lowest BCUT2D eigenvalue weighted by Crippen LogP contribution is -2.65. The molecule has 0 amide bonds. The lowest BCUT2D eigenvalue weighted by molar-refractivity contribution is -0.294. The number of carbonyl (C=O) groups excluding carboxylic acids is 3. The van der Waals surface area contributed by atoms with Crippen LogP contribution in [0, 0.1) is 56.7 Å². The smallest absolute Gasteiger partial charge is 0.312 e. The molecule has 6 rings (SSSR count). The van der Waals surface area contributed by atoms with Gasteiger partial charge in [0.05, 0.1) is 24.7 Å². The van der Waals surface area contributed by atoms with E-state index in [0.717, 1.165) is 51.4 Å². The van der Waals surface area contributed by atoms with Crippen LogP contribution in [0.3, 0.4) is 0 Å². The highest BCUT2D eigenvalue weighted by Crippen LogP contribution is 2.76. The molecule has 0 aromatic carbocycles. The Kier molecular flexibility index (Phi) is 9.50. The molecule has 5 fully saturated rings. The molecule has 8 heteroatoms. The van der Waals surface area contributed by atoms with Gasteiger partial charge in [-0.2, -0.15) is 0 Å². The second-order valence-corrected chi connectivity index (χ2v) is 18.5. The molecule has 1 unspecified atom stereocenters. The summed E-state index contributed by atoms with van der Waals surface area (Å²) in [5.41, 5.74) is 1.41. The van der Waals surface area contributed by atoms with Crippen molar-refractivity contribution < 1.29 is 38.1 Å². The average molecular weight is 685 g/mol. The highest BCUT2D eigenvalue weighted by molar-refractivity contribution is 5.78. The van der Waals surface area contributed by atoms with Crippen LogP contribution < -0.4 is 0 Å². The largest absolute Gasteiger partial charge is 0.469 e. The van der Waals surface area contributed by atoms with Crippen LogP contribution in [0.4, 0.5) is 0 Å². The number of hydrogen-bond donors (Lipinski definition) is 0. The van der Waals surface area contributed by atoms with Gasteiger partial charge in [0.25, 0.3) is 0 Å². The quantitative estimate of drug-likeness (QED) is 0.124.